The molecule has 0 fully saturated rings. The van der Waals surface area contributed by atoms with E-state index in [9.17, 15) is 18.5 Å². The van der Waals surface area contributed by atoms with Crippen molar-refractivity contribution in [2.45, 2.75) is 76.3 Å². The van der Waals surface area contributed by atoms with E-state index in [4.69, 9.17) is 4.74 Å². The summed E-state index contributed by atoms with van der Waals surface area (Å²) < 4.78 is 35.7. The number of benzene rings is 3. The highest BCUT2D eigenvalue weighted by molar-refractivity contribution is 7.89. The van der Waals surface area contributed by atoms with E-state index >= 15 is 0 Å². The monoisotopic (exact) mass is 559 g/mol. The van der Waals surface area contributed by atoms with E-state index in [1.807, 2.05) is 31.2 Å². The second-order valence-corrected chi connectivity index (χ2v) is 12.5. The van der Waals surface area contributed by atoms with E-state index in [0.717, 1.165) is 24.8 Å². The number of hydrogen-bond donors (Lipinski definition) is 2. The van der Waals surface area contributed by atoms with Gasteiger partial charge in [-0.2, -0.15) is 5.26 Å². The van der Waals surface area contributed by atoms with Gasteiger partial charge in [0.1, 0.15) is 17.3 Å². The number of carbonyl (C=O) groups is 1. The number of sulfonamides is 1. The van der Waals surface area contributed by atoms with Crippen LogP contribution in [0.2, 0.25) is 0 Å². The Balaban J connectivity index is 1.61. The number of rotatable bonds is 10. The Hall–Kier alpha value is -3.67. The SMILES string of the molecule is CCCCCc1ccc(NC(=O)c2ccc3c(c2)[C@@H](NS(=O)(=O)c2ccc(CC)cc2)[C@H](C#N)C(C)(C)O3)cc1. The summed E-state index contributed by atoms with van der Waals surface area (Å²) in [7, 11) is -3.97. The van der Waals surface area contributed by atoms with Crippen LogP contribution in [0.15, 0.2) is 71.6 Å². The first-order chi connectivity index (χ1) is 19.1. The van der Waals surface area contributed by atoms with Crippen LogP contribution in [-0.4, -0.2) is 19.9 Å². The fourth-order valence-electron chi connectivity index (χ4n) is 4.99. The maximum Gasteiger partial charge on any atom is 0.255 e. The van der Waals surface area contributed by atoms with Crippen molar-refractivity contribution in [3.63, 3.8) is 0 Å². The molecule has 1 amide bonds. The molecule has 0 saturated carbocycles. The minimum Gasteiger partial charge on any atom is -0.486 e. The zero-order chi connectivity index (χ0) is 28.9. The van der Waals surface area contributed by atoms with Gasteiger partial charge < -0.3 is 10.1 Å². The second kappa shape index (κ2) is 12.2. The van der Waals surface area contributed by atoms with Crippen molar-refractivity contribution >= 4 is 21.6 Å². The number of anilines is 1. The predicted molar refractivity (Wildman–Crippen MR) is 157 cm³/mol. The molecule has 1 heterocycles. The molecule has 1 aliphatic rings. The van der Waals surface area contributed by atoms with Gasteiger partial charge in [0.05, 0.1) is 17.0 Å². The summed E-state index contributed by atoms with van der Waals surface area (Å²) in [6.07, 6.45) is 5.28. The third kappa shape index (κ3) is 6.55. The third-order valence-corrected chi connectivity index (χ3v) is 8.86. The third-order valence-electron chi connectivity index (χ3n) is 7.41. The number of nitriles is 1. The van der Waals surface area contributed by atoms with Gasteiger partial charge in [0.2, 0.25) is 10.0 Å². The van der Waals surface area contributed by atoms with E-state index in [0.29, 0.717) is 22.6 Å². The van der Waals surface area contributed by atoms with Crippen LogP contribution in [0, 0.1) is 17.2 Å². The smallest absolute Gasteiger partial charge is 0.255 e. The molecule has 0 aromatic heterocycles. The molecule has 0 saturated heterocycles. The number of nitrogens with one attached hydrogen (secondary N) is 2. The largest absolute Gasteiger partial charge is 0.486 e. The van der Waals surface area contributed by atoms with E-state index < -0.39 is 27.6 Å². The average molecular weight is 560 g/mol. The second-order valence-electron chi connectivity index (χ2n) is 10.8. The fourth-order valence-corrected chi connectivity index (χ4v) is 6.22. The Morgan fingerprint density at radius 3 is 2.27 bits per heavy atom. The number of ether oxygens (including phenoxy) is 1. The minimum absolute atomic E-state index is 0.110. The Morgan fingerprint density at radius 1 is 0.975 bits per heavy atom. The predicted octanol–water partition coefficient (Wildman–Crippen LogP) is 6.56. The maximum absolute atomic E-state index is 13.4. The topological polar surface area (TPSA) is 108 Å². The summed E-state index contributed by atoms with van der Waals surface area (Å²) in [5, 5.41) is 13.0. The molecule has 1 aliphatic heterocycles. The first-order valence-electron chi connectivity index (χ1n) is 13.8. The van der Waals surface area contributed by atoms with E-state index in [-0.39, 0.29) is 10.8 Å². The van der Waals surface area contributed by atoms with Crippen LogP contribution in [0.1, 0.15) is 80.0 Å². The van der Waals surface area contributed by atoms with Gasteiger partial charge in [0, 0.05) is 16.8 Å². The summed E-state index contributed by atoms with van der Waals surface area (Å²) in [6.45, 7) is 7.69. The molecule has 0 spiro atoms. The summed E-state index contributed by atoms with van der Waals surface area (Å²) in [5.41, 5.74) is 2.72. The van der Waals surface area contributed by atoms with E-state index in [1.54, 1.807) is 56.3 Å². The first-order valence-corrected chi connectivity index (χ1v) is 15.3. The van der Waals surface area contributed by atoms with Crippen molar-refractivity contribution in [3.8, 4) is 11.8 Å². The Labute approximate surface area is 237 Å². The van der Waals surface area contributed by atoms with Gasteiger partial charge in [-0.3, -0.25) is 4.79 Å². The zero-order valence-corrected chi connectivity index (χ0v) is 24.3. The maximum atomic E-state index is 13.4. The molecular formula is C32H37N3O4S. The highest BCUT2D eigenvalue weighted by Crippen LogP contribution is 2.44. The number of unbranched alkanes of at least 4 members (excludes halogenated alkanes) is 2. The molecule has 7 nitrogen and oxygen atoms in total. The first kappa shape index (κ1) is 29.3. The minimum atomic E-state index is -3.97. The normalized spacial score (nSPS) is 17.8. The summed E-state index contributed by atoms with van der Waals surface area (Å²) in [4.78, 5) is 13.3. The molecule has 8 heteroatoms. The van der Waals surface area contributed by atoms with Gasteiger partial charge in [-0.1, -0.05) is 51.0 Å². The summed E-state index contributed by atoms with van der Waals surface area (Å²) in [6, 6.07) is 20.7. The van der Waals surface area contributed by atoms with Gasteiger partial charge in [0.25, 0.3) is 5.91 Å². The van der Waals surface area contributed by atoms with Crippen molar-refractivity contribution in [3.05, 3.63) is 89.0 Å². The van der Waals surface area contributed by atoms with Crippen LogP contribution >= 0.6 is 0 Å². The van der Waals surface area contributed by atoms with Crippen molar-refractivity contribution in [2.75, 3.05) is 5.32 Å². The number of nitrogens with zero attached hydrogens (tertiary/aromatic N) is 1. The molecule has 210 valence electrons. The van der Waals surface area contributed by atoms with E-state index in [2.05, 4.69) is 23.0 Å². The molecule has 40 heavy (non-hydrogen) atoms. The lowest BCUT2D eigenvalue weighted by atomic mass is 9.79. The fraction of sp³-hybridized carbons (Fsp3) is 0.375. The van der Waals surface area contributed by atoms with Crippen molar-refractivity contribution in [1.82, 2.24) is 4.72 Å². The number of fused-ring (bicyclic) bond motifs is 1. The lowest BCUT2D eigenvalue weighted by Gasteiger charge is -2.41. The highest BCUT2D eigenvalue weighted by atomic mass is 32.2. The molecule has 2 N–H and O–H groups in total. The molecule has 0 radical (unpaired) electrons. The van der Waals surface area contributed by atoms with Gasteiger partial charge >= 0.3 is 0 Å². The van der Waals surface area contributed by atoms with Gasteiger partial charge in [-0.25, -0.2) is 13.1 Å². The Bertz CT molecular complexity index is 1490. The molecule has 4 rings (SSSR count). The van der Waals surface area contributed by atoms with Crippen LogP contribution < -0.4 is 14.8 Å². The number of carbonyl (C=O) groups excluding carboxylic acids is 1. The molecule has 3 aromatic rings. The van der Waals surface area contributed by atoms with E-state index in [1.165, 1.54) is 18.4 Å². The molecule has 2 atom stereocenters. The van der Waals surface area contributed by atoms with Crippen LogP contribution in [0.3, 0.4) is 0 Å². The molecule has 0 unspecified atom stereocenters. The molecule has 0 bridgehead atoms. The number of amides is 1. The number of hydrogen-bond acceptors (Lipinski definition) is 5. The van der Waals surface area contributed by atoms with Crippen LogP contribution in [-0.2, 0) is 22.9 Å². The van der Waals surface area contributed by atoms with Crippen LogP contribution in [0.5, 0.6) is 5.75 Å². The van der Waals surface area contributed by atoms with Crippen LogP contribution in [0.25, 0.3) is 0 Å². The lowest BCUT2D eigenvalue weighted by molar-refractivity contribution is 0.0338. The quantitative estimate of drug-likeness (QED) is 0.273. The van der Waals surface area contributed by atoms with Gasteiger partial charge in [0.15, 0.2) is 0 Å². The Morgan fingerprint density at radius 2 is 1.65 bits per heavy atom. The van der Waals surface area contributed by atoms with Crippen molar-refractivity contribution < 1.29 is 17.9 Å². The molecule has 0 aliphatic carbocycles. The molecular weight excluding hydrogens is 522 g/mol. The van der Waals surface area contributed by atoms with Crippen LogP contribution in [0.4, 0.5) is 5.69 Å². The lowest BCUT2D eigenvalue weighted by Crippen LogP contribution is -2.49. The number of aryl methyl sites for hydroxylation is 2. The average Bonchev–Trinajstić information content (AvgIpc) is 2.93. The van der Waals surface area contributed by atoms with Crippen molar-refractivity contribution in [2.24, 2.45) is 5.92 Å². The van der Waals surface area contributed by atoms with Gasteiger partial charge in [-0.05, 0) is 86.7 Å². The zero-order valence-electron chi connectivity index (χ0n) is 23.5. The van der Waals surface area contributed by atoms with Gasteiger partial charge in [-0.15, -0.1) is 0 Å². The highest BCUT2D eigenvalue weighted by Gasteiger charge is 2.46. The summed E-state index contributed by atoms with van der Waals surface area (Å²) in [5.74, 6) is -0.751. The summed E-state index contributed by atoms with van der Waals surface area (Å²) >= 11 is 0. The van der Waals surface area contributed by atoms with Crippen molar-refractivity contribution in [1.29, 1.82) is 5.26 Å². The Kier molecular flexibility index (Phi) is 8.97. The molecule has 3 aromatic carbocycles. The standard InChI is InChI=1S/C32H37N3O4S/c1-5-7-8-9-23-10-15-25(16-11-23)34-31(36)24-14-19-29-27(20-24)30(28(21-33)32(3,4)39-29)35-40(37,38)26-17-12-22(6-2)13-18-26/h10-20,28,30,35H,5-9H2,1-4H3,(H,34,36)/t28-,30+/m0/s1.